The standard InChI is InChI=1S/C5H8N2O/c6-1-2-7-3-5(8)4-7/h5,8H,2-4H2. The van der Waals surface area contributed by atoms with E-state index in [4.69, 9.17) is 10.4 Å². The fraction of sp³-hybridized carbons (Fsp3) is 0.800. The van der Waals surface area contributed by atoms with Crippen molar-refractivity contribution in [3.05, 3.63) is 0 Å². The second-order valence-corrected chi connectivity index (χ2v) is 2.01. The monoisotopic (exact) mass is 112 g/mol. The molecule has 1 heterocycles. The SMILES string of the molecule is N#CCN1CC(O)C1. The van der Waals surface area contributed by atoms with Crippen molar-refractivity contribution in [2.24, 2.45) is 0 Å². The van der Waals surface area contributed by atoms with Gasteiger partial charge in [0.1, 0.15) is 0 Å². The van der Waals surface area contributed by atoms with E-state index in [1.54, 1.807) is 0 Å². The smallest absolute Gasteiger partial charge is 0.0867 e. The van der Waals surface area contributed by atoms with Crippen LogP contribution >= 0.6 is 0 Å². The Morgan fingerprint density at radius 2 is 2.38 bits per heavy atom. The molecule has 0 radical (unpaired) electrons. The van der Waals surface area contributed by atoms with Crippen LogP contribution in [0.5, 0.6) is 0 Å². The number of hydrogen-bond donors (Lipinski definition) is 1. The highest BCUT2D eigenvalue weighted by molar-refractivity contribution is 4.86. The normalized spacial score (nSPS) is 22.0. The fourth-order valence-electron chi connectivity index (χ4n) is 0.772. The Hall–Kier alpha value is -0.590. The van der Waals surface area contributed by atoms with E-state index in [0.29, 0.717) is 19.6 Å². The van der Waals surface area contributed by atoms with Crippen LogP contribution in [0.4, 0.5) is 0 Å². The minimum Gasteiger partial charge on any atom is -0.390 e. The van der Waals surface area contributed by atoms with Crippen LogP contribution in [0.15, 0.2) is 0 Å². The highest BCUT2D eigenvalue weighted by Crippen LogP contribution is 2.04. The van der Waals surface area contributed by atoms with Gasteiger partial charge in [-0.15, -0.1) is 0 Å². The summed E-state index contributed by atoms with van der Waals surface area (Å²) in [6.07, 6.45) is -0.177. The molecule has 0 atom stereocenters. The first-order valence-corrected chi connectivity index (χ1v) is 2.60. The van der Waals surface area contributed by atoms with Crippen LogP contribution < -0.4 is 0 Å². The summed E-state index contributed by atoms with van der Waals surface area (Å²) < 4.78 is 0. The summed E-state index contributed by atoms with van der Waals surface area (Å²) in [6, 6.07) is 2.00. The molecule has 1 rings (SSSR count). The van der Waals surface area contributed by atoms with Crippen LogP contribution in [-0.4, -0.2) is 35.7 Å². The van der Waals surface area contributed by atoms with E-state index in [1.165, 1.54) is 0 Å². The molecule has 0 unspecified atom stereocenters. The molecule has 0 aliphatic carbocycles. The lowest BCUT2D eigenvalue weighted by atomic mass is 10.2. The first-order chi connectivity index (χ1) is 3.83. The van der Waals surface area contributed by atoms with Crippen molar-refractivity contribution in [1.29, 1.82) is 5.26 Å². The number of β-amino-alcohol motifs (C(OH)–C–C–N with tert-alkyl or cyclic N) is 1. The zero-order chi connectivity index (χ0) is 5.98. The third-order valence-electron chi connectivity index (χ3n) is 1.23. The molecule has 44 valence electrons. The van der Waals surface area contributed by atoms with Crippen molar-refractivity contribution < 1.29 is 5.11 Å². The van der Waals surface area contributed by atoms with Gasteiger partial charge in [0.05, 0.1) is 18.7 Å². The zero-order valence-electron chi connectivity index (χ0n) is 4.54. The van der Waals surface area contributed by atoms with Crippen LogP contribution in [0.1, 0.15) is 0 Å². The molecule has 1 saturated heterocycles. The fourth-order valence-corrected chi connectivity index (χ4v) is 0.772. The minimum atomic E-state index is -0.177. The van der Waals surface area contributed by atoms with E-state index in [9.17, 15) is 0 Å². The lowest BCUT2D eigenvalue weighted by Crippen LogP contribution is -2.50. The summed E-state index contributed by atoms with van der Waals surface area (Å²) >= 11 is 0. The lowest BCUT2D eigenvalue weighted by Gasteiger charge is -2.33. The molecule has 1 N–H and O–H groups in total. The Morgan fingerprint density at radius 1 is 1.75 bits per heavy atom. The molecular formula is C5H8N2O. The summed E-state index contributed by atoms with van der Waals surface area (Å²) in [4.78, 5) is 1.89. The second-order valence-electron chi connectivity index (χ2n) is 2.01. The molecule has 0 saturated carbocycles. The highest BCUT2D eigenvalue weighted by Gasteiger charge is 2.22. The van der Waals surface area contributed by atoms with E-state index < -0.39 is 0 Å². The first kappa shape index (κ1) is 5.54. The molecule has 0 aromatic rings. The molecule has 0 bridgehead atoms. The molecule has 1 aliphatic rings. The largest absolute Gasteiger partial charge is 0.390 e. The Labute approximate surface area is 48.1 Å². The van der Waals surface area contributed by atoms with Crippen molar-refractivity contribution in [3.63, 3.8) is 0 Å². The van der Waals surface area contributed by atoms with E-state index in [0.717, 1.165) is 0 Å². The minimum absolute atomic E-state index is 0.177. The zero-order valence-corrected chi connectivity index (χ0v) is 4.54. The van der Waals surface area contributed by atoms with Gasteiger partial charge in [0.15, 0.2) is 0 Å². The molecule has 0 spiro atoms. The van der Waals surface area contributed by atoms with Crippen LogP contribution in [0.25, 0.3) is 0 Å². The van der Waals surface area contributed by atoms with Gasteiger partial charge in [-0.2, -0.15) is 5.26 Å². The van der Waals surface area contributed by atoms with Gasteiger partial charge in [-0.1, -0.05) is 0 Å². The Morgan fingerprint density at radius 3 is 2.75 bits per heavy atom. The average molecular weight is 112 g/mol. The summed E-state index contributed by atoms with van der Waals surface area (Å²) in [6.45, 7) is 1.80. The first-order valence-electron chi connectivity index (χ1n) is 2.60. The van der Waals surface area contributed by atoms with E-state index in [2.05, 4.69) is 0 Å². The van der Waals surface area contributed by atoms with Gasteiger partial charge >= 0.3 is 0 Å². The number of likely N-dealkylation sites (tertiary alicyclic amines) is 1. The van der Waals surface area contributed by atoms with Gasteiger partial charge in [0.2, 0.25) is 0 Å². The maximum Gasteiger partial charge on any atom is 0.0867 e. The molecule has 1 aliphatic heterocycles. The van der Waals surface area contributed by atoms with E-state index in [-0.39, 0.29) is 6.10 Å². The maximum absolute atomic E-state index is 8.69. The average Bonchev–Trinajstić information content (AvgIpc) is 1.64. The molecule has 0 aromatic heterocycles. The van der Waals surface area contributed by atoms with Crippen molar-refractivity contribution in [3.8, 4) is 6.07 Å². The summed E-state index contributed by atoms with van der Waals surface area (Å²) in [5.41, 5.74) is 0. The van der Waals surface area contributed by atoms with E-state index in [1.807, 2.05) is 11.0 Å². The van der Waals surface area contributed by atoms with Gasteiger partial charge in [-0.25, -0.2) is 0 Å². The van der Waals surface area contributed by atoms with Crippen molar-refractivity contribution >= 4 is 0 Å². The predicted molar refractivity (Wildman–Crippen MR) is 28.1 cm³/mol. The van der Waals surface area contributed by atoms with Crippen LogP contribution in [0, 0.1) is 11.3 Å². The van der Waals surface area contributed by atoms with Crippen LogP contribution in [0.2, 0.25) is 0 Å². The van der Waals surface area contributed by atoms with Gasteiger partial charge in [-0.05, 0) is 0 Å². The number of aliphatic hydroxyl groups is 1. The third-order valence-corrected chi connectivity index (χ3v) is 1.23. The second kappa shape index (κ2) is 2.12. The van der Waals surface area contributed by atoms with Gasteiger partial charge < -0.3 is 5.11 Å². The number of nitrogens with zero attached hydrogens (tertiary/aromatic N) is 2. The van der Waals surface area contributed by atoms with Crippen molar-refractivity contribution in [1.82, 2.24) is 4.90 Å². The van der Waals surface area contributed by atoms with Gasteiger partial charge in [0.25, 0.3) is 0 Å². The summed E-state index contributed by atoms with van der Waals surface area (Å²) in [5.74, 6) is 0. The van der Waals surface area contributed by atoms with Gasteiger partial charge in [-0.3, -0.25) is 4.90 Å². The van der Waals surface area contributed by atoms with Gasteiger partial charge in [0, 0.05) is 13.1 Å². The summed E-state index contributed by atoms with van der Waals surface area (Å²) in [5, 5.41) is 16.8. The van der Waals surface area contributed by atoms with Crippen LogP contribution in [-0.2, 0) is 0 Å². The Bertz CT molecular complexity index is 112. The third kappa shape index (κ3) is 0.971. The van der Waals surface area contributed by atoms with E-state index >= 15 is 0 Å². The molecule has 3 nitrogen and oxygen atoms in total. The number of rotatable bonds is 1. The topological polar surface area (TPSA) is 47.3 Å². The van der Waals surface area contributed by atoms with Crippen molar-refractivity contribution in [2.75, 3.05) is 19.6 Å². The molecule has 0 amide bonds. The lowest BCUT2D eigenvalue weighted by molar-refractivity contribution is 0.0108. The highest BCUT2D eigenvalue weighted by atomic mass is 16.3. The predicted octanol–water partition coefficient (Wildman–Crippen LogP) is -0.814. The molecule has 8 heavy (non-hydrogen) atoms. The molecular weight excluding hydrogens is 104 g/mol. The number of hydrogen-bond acceptors (Lipinski definition) is 3. The summed E-state index contributed by atoms with van der Waals surface area (Å²) in [7, 11) is 0. The molecule has 3 heteroatoms. The molecule has 1 fully saturated rings. The molecule has 0 aromatic carbocycles. The van der Waals surface area contributed by atoms with Crippen molar-refractivity contribution in [2.45, 2.75) is 6.10 Å². The maximum atomic E-state index is 8.69. The quantitative estimate of drug-likeness (QED) is 0.451. The Kier molecular flexibility index (Phi) is 1.47. The Balaban J connectivity index is 2.09. The van der Waals surface area contributed by atoms with Crippen LogP contribution in [0.3, 0.4) is 0 Å². The number of nitriles is 1. The number of aliphatic hydroxyl groups excluding tert-OH is 1.